The molecule has 1 aromatic heterocycles. The van der Waals surface area contributed by atoms with Gasteiger partial charge in [-0.15, -0.1) is 0 Å². The third kappa shape index (κ3) is 5.07. The Morgan fingerprint density at radius 2 is 1.71 bits per heavy atom. The molecule has 2 N–H and O–H groups in total. The van der Waals surface area contributed by atoms with E-state index in [2.05, 4.69) is 10.6 Å². The van der Waals surface area contributed by atoms with Crippen molar-refractivity contribution in [1.29, 1.82) is 0 Å². The zero-order valence-corrected chi connectivity index (χ0v) is 15.4. The number of nitrogens with one attached hydrogen (secondary N) is 2. The molecular formula is C20H17ClF3N3O. The summed E-state index contributed by atoms with van der Waals surface area (Å²) in [7, 11) is 0. The van der Waals surface area contributed by atoms with Crippen LogP contribution >= 0.6 is 11.6 Å². The predicted octanol–water partition coefficient (Wildman–Crippen LogP) is 5.53. The molecule has 0 saturated carbocycles. The average Bonchev–Trinajstić information content (AvgIpc) is 3.08. The largest absolute Gasteiger partial charge is 0.418 e. The Kier molecular flexibility index (Phi) is 5.94. The van der Waals surface area contributed by atoms with Crippen LogP contribution in [0.25, 0.3) is 0 Å². The number of nitrogens with zero attached hydrogens (tertiary/aromatic N) is 1. The second-order valence-corrected chi connectivity index (χ2v) is 6.54. The van der Waals surface area contributed by atoms with Gasteiger partial charge in [0.05, 0.1) is 17.8 Å². The molecule has 2 amide bonds. The fraction of sp³-hybridized carbons (Fsp3) is 0.150. The summed E-state index contributed by atoms with van der Waals surface area (Å²) in [5.41, 5.74) is 0.667. The normalized spacial score (nSPS) is 11.3. The van der Waals surface area contributed by atoms with Crippen molar-refractivity contribution in [3.8, 4) is 0 Å². The summed E-state index contributed by atoms with van der Waals surface area (Å²) >= 11 is 5.88. The average molecular weight is 408 g/mol. The summed E-state index contributed by atoms with van der Waals surface area (Å²) in [6, 6.07) is 15.2. The maximum absolute atomic E-state index is 13.0. The van der Waals surface area contributed by atoms with E-state index in [-0.39, 0.29) is 12.2 Å². The van der Waals surface area contributed by atoms with Crippen molar-refractivity contribution < 1.29 is 18.0 Å². The van der Waals surface area contributed by atoms with Gasteiger partial charge in [0.2, 0.25) is 0 Å². The first kappa shape index (κ1) is 19.8. The number of anilines is 1. The van der Waals surface area contributed by atoms with Crippen LogP contribution in [-0.2, 0) is 19.3 Å². The van der Waals surface area contributed by atoms with E-state index in [0.717, 1.165) is 17.3 Å². The maximum atomic E-state index is 13.0. The lowest BCUT2D eigenvalue weighted by atomic mass is 10.1. The lowest BCUT2D eigenvalue weighted by molar-refractivity contribution is -0.136. The molecule has 146 valence electrons. The molecule has 0 radical (unpaired) electrons. The van der Waals surface area contributed by atoms with Gasteiger partial charge in [0.1, 0.15) is 0 Å². The van der Waals surface area contributed by atoms with Crippen LogP contribution in [0.5, 0.6) is 0 Å². The fourth-order valence-corrected chi connectivity index (χ4v) is 2.85. The zero-order valence-electron chi connectivity index (χ0n) is 14.6. The Balaban J connectivity index is 1.62. The molecule has 0 atom stereocenters. The number of urea groups is 1. The SMILES string of the molecule is O=C(NCc1cccn1Cc1ccc(Cl)cc1)Nc1ccccc1C(F)(F)F. The highest BCUT2D eigenvalue weighted by atomic mass is 35.5. The van der Waals surface area contributed by atoms with Crippen molar-refractivity contribution in [2.24, 2.45) is 0 Å². The minimum absolute atomic E-state index is 0.167. The molecule has 3 aromatic rings. The number of carbonyl (C=O) groups is 1. The summed E-state index contributed by atoms with van der Waals surface area (Å²) in [6.07, 6.45) is -2.68. The third-order valence-electron chi connectivity index (χ3n) is 4.10. The number of rotatable bonds is 5. The van der Waals surface area contributed by atoms with Gasteiger partial charge in [0.25, 0.3) is 0 Å². The molecule has 1 heterocycles. The fourth-order valence-electron chi connectivity index (χ4n) is 2.73. The molecule has 0 fully saturated rings. The van der Waals surface area contributed by atoms with Crippen molar-refractivity contribution in [2.45, 2.75) is 19.3 Å². The lowest BCUT2D eigenvalue weighted by Gasteiger charge is -2.15. The van der Waals surface area contributed by atoms with Gasteiger partial charge < -0.3 is 15.2 Å². The Bertz CT molecular complexity index is 952. The van der Waals surface area contributed by atoms with Gasteiger partial charge in [-0.1, -0.05) is 35.9 Å². The van der Waals surface area contributed by atoms with Crippen LogP contribution in [0, 0.1) is 0 Å². The lowest BCUT2D eigenvalue weighted by Crippen LogP contribution is -2.30. The molecule has 2 aromatic carbocycles. The molecule has 0 saturated heterocycles. The Morgan fingerprint density at radius 1 is 1.00 bits per heavy atom. The molecule has 0 aliphatic carbocycles. The number of alkyl halides is 3. The first-order chi connectivity index (χ1) is 13.3. The quantitative estimate of drug-likeness (QED) is 0.574. The van der Waals surface area contributed by atoms with Gasteiger partial charge in [0.15, 0.2) is 0 Å². The van der Waals surface area contributed by atoms with Crippen LogP contribution in [0.1, 0.15) is 16.8 Å². The first-order valence-corrected chi connectivity index (χ1v) is 8.80. The summed E-state index contributed by atoms with van der Waals surface area (Å²) in [5, 5.41) is 5.50. The molecule has 0 aliphatic heterocycles. The topological polar surface area (TPSA) is 46.1 Å². The van der Waals surface area contributed by atoms with Crippen LogP contribution < -0.4 is 10.6 Å². The number of aromatic nitrogens is 1. The van der Waals surface area contributed by atoms with Gasteiger partial charge in [-0.2, -0.15) is 13.2 Å². The van der Waals surface area contributed by atoms with Crippen LogP contribution in [0.4, 0.5) is 23.7 Å². The summed E-state index contributed by atoms with van der Waals surface area (Å²) in [5.74, 6) is 0. The summed E-state index contributed by atoms with van der Waals surface area (Å²) in [6.45, 7) is 0.750. The maximum Gasteiger partial charge on any atom is 0.418 e. The molecule has 4 nitrogen and oxygen atoms in total. The van der Waals surface area contributed by atoms with E-state index in [1.54, 1.807) is 12.1 Å². The van der Waals surface area contributed by atoms with Crippen LogP contribution in [0.3, 0.4) is 0 Å². The van der Waals surface area contributed by atoms with E-state index < -0.39 is 17.8 Å². The van der Waals surface area contributed by atoms with E-state index in [9.17, 15) is 18.0 Å². The molecule has 28 heavy (non-hydrogen) atoms. The van der Waals surface area contributed by atoms with Gasteiger partial charge in [-0.25, -0.2) is 4.79 Å². The van der Waals surface area contributed by atoms with Crippen molar-refractivity contribution in [1.82, 2.24) is 9.88 Å². The van der Waals surface area contributed by atoms with E-state index >= 15 is 0 Å². The van der Waals surface area contributed by atoms with Crippen molar-refractivity contribution in [3.63, 3.8) is 0 Å². The molecular weight excluding hydrogens is 391 g/mol. The third-order valence-corrected chi connectivity index (χ3v) is 4.35. The van der Waals surface area contributed by atoms with Gasteiger partial charge in [-0.3, -0.25) is 0 Å². The van der Waals surface area contributed by atoms with E-state index in [0.29, 0.717) is 11.6 Å². The van der Waals surface area contributed by atoms with E-state index in [4.69, 9.17) is 11.6 Å². The standard InChI is InChI=1S/C20H17ClF3N3O/c21-15-9-7-14(8-10-15)13-27-11-3-4-16(27)12-25-19(28)26-18-6-2-1-5-17(18)20(22,23)24/h1-11H,12-13H2,(H2,25,26,28). The first-order valence-electron chi connectivity index (χ1n) is 8.42. The minimum Gasteiger partial charge on any atom is -0.345 e. The highest BCUT2D eigenvalue weighted by molar-refractivity contribution is 6.30. The number of hydrogen-bond acceptors (Lipinski definition) is 1. The Labute approximate surface area is 164 Å². The van der Waals surface area contributed by atoms with Gasteiger partial charge in [0, 0.05) is 23.5 Å². The minimum atomic E-state index is -4.54. The van der Waals surface area contributed by atoms with Gasteiger partial charge >= 0.3 is 12.2 Å². The van der Waals surface area contributed by atoms with Crippen molar-refractivity contribution in [2.75, 3.05) is 5.32 Å². The second-order valence-electron chi connectivity index (χ2n) is 6.10. The summed E-state index contributed by atoms with van der Waals surface area (Å²) < 4.78 is 41.0. The molecule has 8 heteroatoms. The second kappa shape index (κ2) is 8.39. The van der Waals surface area contributed by atoms with Crippen molar-refractivity contribution in [3.05, 3.63) is 88.7 Å². The number of benzene rings is 2. The summed E-state index contributed by atoms with van der Waals surface area (Å²) in [4.78, 5) is 12.1. The number of halogens is 4. The number of para-hydroxylation sites is 1. The van der Waals surface area contributed by atoms with Crippen LogP contribution in [0.15, 0.2) is 66.9 Å². The highest BCUT2D eigenvalue weighted by Crippen LogP contribution is 2.34. The molecule has 3 rings (SSSR count). The Hall–Kier alpha value is -2.93. The molecule has 0 unspecified atom stereocenters. The number of amides is 2. The highest BCUT2D eigenvalue weighted by Gasteiger charge is 2.33. The number of hydrogen-bond donors (Lipinski definition) is 2. The predicted molar refractivity (Wildman–Crippen MR) is 102 cm³/mol. The molecule has 0 spiro atoms. The molecule has 0 bridgehead atoms. The smallest absolute Gasteiger partial charge is 0.345 e. The van der Waals surface area contributed by atoms with Gasteiger partial charge in [-0.05, 0) is 42.0 Å². The Morgan fingerprint density at radius 3 is 2.43 bits per heavy atom. The van der Waals surface area contributed by atoms with E-state index in [1.807, 2.05) is 35.0 Å². The van der Waals surface area contributed by atoms with Crippen LogP contribution in [0.2, 0.25) is 5.02 Å². The van der Waals surface area contributed by atoms with Crippen LogP contribution in [-0.4, -0.2) is 10.6 Å². The number of carbonyl (C=O) groups excluding carboxylic acids is 1. The zero-order chi connectivity index (χ0) is 20.1. The van der Waals surface area contributed by atoms with E-state index in [1.165, 1.54) is 18.2 Å². The molecule has 0 aliphatic rings. The monoisotopic (exact) mass is 407 g/mol. The van der Waals surface area contributed by atoms with Crippen molar-refractivity contribution >= 4 is 23.3 Å².